The van der Waals surface area contributed by atoms with Crippen LogP contribution in [0.2, 0.25) is 0 Å². The molecule has 6 heteroatoms. The van der Waals surface area contributed by atoms with Gasteiger partial charge in [0.05, 0.1) is 0 Å². The van der Waals surface area contributed by atoms with Gasteiger partial charge < -0.3 is 10.3 Å². The van der Waals surface area contributed by atoms with Crippen molar-refractivity contribution in [2.75, 3.05) is 0 Å². The summed E-state index contributed by atoms with van der Waals surface area (Å²) >= 11 is 0. The van der Waals surface area contributed by atoms with E-state index in [1.165, 1.54) is 12.4 Å². The van der Waals surface area contributed by atoms with Crippen LogP contribution in [0.1, 0.15) is 12.5 Å². The number of alkyl halides is 3. The van der Waals surface area contributed by atoms with E-state index in [4.69, 9.17) is 5.73 Å². The van der Waals surface area contributed by atoms with Crippen molar-refractivity contribution in [3.05, 3.63) is 30.1 Å². The summed E-state index contributed by atoms with van der Waals surface area (Å²) in [6, 6.07) is 3.38. The molecule has 0 bridgehead atoms. The van der Waals surface area contributed by atoms with Gasteiger partial charge in [-0.3, -0.25) is 0 Å². The van der Waals surface area contributed by atoms with Crippen LogP contribution in [0.3, 0.4) is 0 Å². The number of hydrogen-bond acceptors (Lipinski definition) is 2. The molecule has 3 nitrogen and oxygen atoms in total. The molecule has 1 atom stereocenters. The van der Waals surface area contributed by atoms with E-state index in [0.29, 0.717) is 12.1 Å². The van der Waals surface area contributed by atoms with E-state index >= 15 is 0 Å². The van der Waals surface area contributed by atoms with Crippen LogP contribution in [0.5, 0.6) is 0 Å². The third kappa shape index (κ3) is 2.81. The van der Waals surface area contributed by atoms with Crippen molar-refractivity contribution in [2.45, 2.75) is 32.1 Å². The molecule has 0 fully saturated rings. The van der Waals surface area contributed by atoms with Gasteiger partial charge in [0.1, 0.15) is 12.2 Å². The normalized spacial score (nSPS) is 14.1. The molecule has 0 spiro atoms. The van der Waals surface area contributed by atoms with E-state index in [2.05, 4.69) is 4.98 Å². The molecule has 0 saturated carbocycles. The van der Waals surface area contributed by atoms with Gasteiger partial charge in [0.2, 0.25) is 0 Å². The van der Waals surface area contributed by atoms with Crippen molar-refractivity contribution in [1.82, 2.24) is 9.55 Å². The van der Waals surface area contributed by atoms with Crippen molar-refractivity contribution < 1.29 is 13.2 Å². The van der Waals surface area contributed by atoms with Gasteiger partial charge in [0, 0.05) is 23.8 Å². The second-order valence-corrected chi connectivity index (χ2v) is 4.45. The highest BCUT2D eigenvalue weighted by molar-refractivity contribution is 5.80. The Balaban J connectivity index is 2.47. The average molecular weight is 257 g/mol. The third-order valence-electron chi connectivity index (χ3n) is 2.61. The lowest BCUT2D eigenvalue weighted by atomic mass is 10.1. The topological polar surface area (TPSA) is 43.8 Å². The monoisotopic (exact) mass is 257 g/mol. The van der Waals surface area contributed by atoms with Crippen LogP contribution in [0.4, 0.5) is 13.2 Å². The maximum atomic E-state index is 12.5. The Morgan fingerprint density at radius 3 is 2.78 bits per heavy atom. The summed E-state index contributed by atoms with van der Waals surface area (Å²) in [5, 5.41) is 0.735. The number of nitrogens with zero attached hydrogens (tertiary/aromatic N) is 2. The van der Waals surface area contributed by atoms with Crippen molar-refractivity contribution in [3.63, 3.8) is 0 Å². The minimum Gasteiger partial charge on any atom is -0.328 e. The highest BCUT2D eigenvalue weighted by atomic mass is 19.4. The first kappa shape index (κ1) is 12.9. The van der Waals surface area contributed by atoms with E-state index in [0.717, 1.165) is 15.5 Å². The van der Waals surface area contributed by atoms with Crippen LogP contribution in [-0.4, -0.2) is 21.8 Å². The fourth-order valence-corrected chi connectivity index (χ4v) is 2.02. The molecule has 2 rings (SSSR count). The van der Waals surface area contributed by atoms with Crippen molar-refractivity contribution >= 4 is 11.0 Å². The molecule has 1 unspecified atom stereocenters. The summed E-state index contributed by atoms with van der Waals surface area (Å²) in [5.74, 6) is 0. The maximum Gasteiger partial charge on any atom is 0.406 e. The first-order chi connectivity index (χ1) is 8.37. The lowest BCUT2D eigenvalue weighted by molar-refractivity contribution is -0.139. The number of fused-ring (bicyclic) bond motifs is 1. The Morgan fingerprint density at radius 2 is 2.17 bits per heavy atom. The van der Waals surface area contributed by atoms with Crippen LogP contribution in [0, 0.1) is 0 Å². The Bertz CT molecular complexity index is 543. The molecule has 2 aromatic rings. The molecule has 0 radical (unpaired) electrons. The second kappa shape index (κ2) is 4.61. The van der Waals surface area contributed by atoms with Gasteiger partial charge in [-0.05, 0) is 31.0 Å². The highest BCUT2D eigenvalue weighted by Crippen LogP contribution is 2.25. The summed E-state index contributed by atoms with van der Waals surface area (Å²) < 4.78 is 38.5. The Hall–Kier alpha value is -1.56. The van der Waals surface area contributed by atoms with Crippen LogP contribution >= 0.6 is 0 Å². The SMILES string of the molecule is CC(N)Cc1cn(CC(F)(F)F)c2ncccc12. The van der Waals surface area contributed by atoms with Gasteiger partial charge in [0.15, 0.2) is 0 Å². The van der Waals surface area contributed by atoms with Crippen molar-refractivity contribution in [2.24, 2.45) is 5.73 Å². The minimum absolute atomic E-state index is 0.102. The van der Waals surface area contributed by atoms with Gasteiger partial charge in [-0.1, -0.05) is 0 Å². The van der Waals surface area contributed by atoms with Crippen molar-refractivity contribution in [3.8, 4) is 0 Å². The number of hydrogen-bond donors (Lipinski definition) is 1. The molecular weight excluding hydrogens is 243 g/mol. The molecule has 98 valence electrons. The summed E-state index contributed by atoms with van der Waals surface area (Å²) in [5.41, 5.74) is 6.86. The molecule has 0 aliphatic rings. The standard InChI is InChI=1S/C12H14F3N3/c1-8(16)5-9-6-18(7-12(13,14)15)11-10(9)3-2-4-17-11/h2-4,6,8H,5,7,16H2,1H3. The van der Waals surface area contributed by atoms with Gasteiger partial charge in [-0.25, -0.2) is 4.98 Å². The van der Waals surface area contributed by atoms with Gasteiger partial charge >= 0.3 is 6.18 Å². The maximum absolute atomic E-state index is 12.5. The smallest absolute Gasteiger partial charge is 0.328 e. The zero-order valence-electron chi connectivity index (χ0n) is 9.91. The zero-order chi connectivity index (χ0) is 13.3. The Morgan fingerprint density at radius 1 is 1.44 bits per heavy atom. The molecule has 0 aliphatic carbocycles. The molecule has 2 heterocycles. The first-order valence-electron chi connectivity index (χ1n) is 5.62. The molecule has 0 amide bonds. The second-order valence-electron chi connectivity index (χ2n) is 4.45. The lowest BCUT2D eigenvalue weighted by Crippen LogP contribution is -2.18. The predicted octanol–water partition coefficient (Wildman–Crippen LogP) is 2.49. The number of nitrogens with two attached hydrogens (primary N) is 1. The van der Waals surface area contributed by atoms with Gasteiger partial charge in [-0.15, -0.1) is 0 Å². The van der Waals surface area contributed by atoms with E-state index < -0.39 is 12.7 Å². The molecule has 0 aliphatic heterocycles. The fourth-order valence-electron chi connectivity index (χ4n) is 2.02. The number of aromatic nitrogens is 2. The van der Waals surface area contributed by atoms with E-state index in [-0.39, 0.29) is 6.04 Å². The number of halogens is 3. The summed E-state index contributed by atoms with van der Waals surface area (Å²) in [6.45, 7) is 0.794. The predicted molar refractivity (Wildman–Crippen MR) is 63.1 cm³/mol. The zero-order valence-corrected chi connectivity index (χ0v) is 9.91. The summed E-state index contributed by atoms with van der Waals surface area (Å²) in [6.07, 6.45) is -0.735. The number of pyridine rings is 1. The molecule has 0 aromatic carbocycles. The number of rotatable bonds is 3. The van der Waals surface area contributed by atoms with E-state index in [1.807, 2.05) is 6.92 Å². The van der Waals surface area contributed by atoms with Crippen LogP contribution in [0.25, 0.3) is 11.0 Å². The minimum atomic E-state index is -4.25. The molecule has 0 saturated heterocycles. The largest absolute Gasteiger partial charge is 0.406 e. The Labute approximate surface area is 102 Å². The summed E-state index contributed by atoms with van der Waals surface area (Å²) in [4.78, 5) is 4.02. The molecule has 2 N–H and O–H groups in total. The van der Waals surface area contributed by atoms with Gasteiger partial charge in [-0.2, -0.15) is 13.2 Å². The van der Waals surface area contributed by atoms with E-state index in [9.17, 15) is 13.2 Å². The van der Waals surface area contributed by atoms with E-state index in [1.54, 1.807) is 12.1 Å². The summed E-state index contributed by atoms with van der Waals surface area (Å²) in [7, 11) is 0. The molecule has 18 heavy (non-hydrogen) atoms. The van der Waals surface area contributed by atoms with Crippen LogP contribution in [-0.2, 0) is 13.0 Å². The van der Waals surface area contributed by atoms with Crippen LogP contribution in [0.15, 0.2) is 24.5 Å². The Kier molecular flexibility index (Phi) is 3.30. The fraction of sp³-hybridized carbons (Fsp3) is 0.417. The first-order valence-corrected chi connectivity index (χ1v) is 5.62. The third-order valence-corrected chi connectivity index (χ3v) is 2.61. The molecular formula is C12H14F3N3. The van der Waals surface area contributed by atoms with Gasteiger partial charge in [0.25, 0.3) is 0 Å². The quantitative estimate of drug-likeness (QED) is 0.918. The average Bonchev–Trinajstić information content (AvgIpc) is 2.54. The highest BCUT2D eigenvalue weighted by Gasteiger charge is 2.29. The van der Waals surface area contributed by atoms with Crippen LogP contribution < -0.4 is 5.73 Å². The lowest BCUT2D eigenvalue weighted by Gasteiger charge is -2.07. The molecule has 2 aromatic heterocycles. The van der Waals surface area contributed by atoms with Crippen molar-refractivity contribution in [1.29, 1.82) is 0 Å².